The molecule has 3 aromatic rings. The van der Waals surface area contributed by atoms with Crippen molar-refractivity contribution in [2.24, 2.45) is 0 Å². The highest BCUT2D eigenvalue weighted by Gasteiger charge is 2.45. The van der Waals surface area contributed by atoms with E-state index in [0.717, 1.165) is 37.2 Å². The number of carbonyl (C=O) groups is 2. The van der Waals surface area contributed by atoms with Crippen LogP contribution < -0.4 is 9.47 Å². The molecule has 1 N–H and O–H groups in total. The zero-order chi connectivity index (χ0) is 29.2. The number of nitrogens with zero attached hydrogens (tertiary/aromatic N) is 2. The van der Waals surface area contributed by atoms with Crippen LogP contribution in [0.2, 0.25) is 0 Å². The smallest absolute Gasteiger partial charge is 0.295 e. The van der Waals surface area contributed by atoms with Crippen LogP contribution in [0.15, 0.2) is 84.4 Å². The van der Waals surface area contributed by atoms with E-state index in [0.29, 0.717) is 43.2 Å². The van der Waals surface area contributed by atoms with E-state index in [1.54, 1.807) is 29.2 Å². The van der Waals surface area contributed by atoms with Crippen LogP contribution in [0.5, 0.6) is 11.5 Å². The molecule has 1 atom stereocenters. The Morgan fingerprint density at radius 2 is 1.49 bits per heavy atom. The molecule has 7 heteroatoms. The summed E-state index contributed by atoms with van der Waals surface area (Å²) in [5.41, 5.74) is 2.36. The molecule has 0 bridgehead atoms. The average molecular weight is 557 g/mol. The molecule has 1 aliphatic rings. The average Bonchev–Trinajstić information content (AvgIpc) is 3.26. The Kier molecular flexibility index (Phi) is 10.6. The van der Waals surface area contributed by atoms with Crippen LogP contribution in [0, 0.1) is 0 Å². The largest absolute Gasteiger partial charge is 0.507 e. The Bertz CT molecular complexity index is 1320. The van der Waals surface area contributed by atoms with Crippen LogP contribution >= 0.6 is 0 Å². The van der Waals surface area contributed by atoms with E-state index in [-0.39, 0.29) is 11.3 Å². The second kappa shape index (κ2) is 14.5. The molecule has 1 fully saturated rings. The first-order valence-electron chi connectivity index (χ1n) is 14.5. The number of ketones is 1. The Labute approximate surface area is 243 Å². The van der Waals surface area contributed by atoms with Gasteiger partial charge in [-0.05, 0) is 80.0 Å². The van der Waals surface area contributed by atoms with Gasteiger partial charge in [0.2, 0.25) is 0 Å². The molecule has 1 saturated heterocycles. The molecule has 41 heavy (non-hydrogen) atoms. The fraction of sp³-hybridized carbons (Fsp3) is 0.353. The molecule has 3 aromatic carbocycles. The van der Waals surface area contributed by atoms with E-state index < -0.39 is 17.7 Å². The van der Waals surface area contributed by atoms with Gasteiger partial charge in [0, 0.05) is 12.1 Å². The first-order chi connectivity index (χ1) is 20.0. The summed E-state index contributed by atoms with van der Waals surface area (Å²) < 4.78 is 11.6. The molecule has 0 saturated carbocycles. The van der Waals surface area contributed by atoms with Crippen LogP contribution in [0.25, 0.3) is 5.76 Å². The number of rotatable bonds is 14. The molecular weight excluding hydrogens is 516 g/mol. The van der Waals surface area contributed by atoms with Crippen molar-refractivity contribution in [3.8, 4) is 11.5 Å². The van der Waals surface area contributed by atoms with Gasteiger partial charge in [-0.25, -0.2) is 0 Å². The predicted octanol–water partition coefficient (Wildman–Crippen LogP) is 6.21. The number of aliphatic hydroxyl groups is 1. The minimum atomic E-state index is -0.703. The first kappa shape index (κ1) is 29.9. The maximum Gasteiger partial charge on any atom is 0.295 e. The normalized spacial score (nSPS) is 16.4. The SMILES string of the molecule is CCCOc1ccc(C(O)=C2C(=O)C(=O)N(CCCN(CC)CC)[C@H]2c2ccc(OCc3ccccc3)cc2)cc1. The maximum atomic E-state index is 13.4. The Balaban J connectivity index is 1.63. The summed E-state index contributed by atoms with van der Waals surface area (Å²) in [6.07, 6.45) is 1.60. The van der Waals surface area contributed by atoms with E-state index in [4.69, 9.17) is 9.47 Å². The first-order valence-corrected chi connectivity index (χ1v) is 14.5. The van der Waals surface area contributed by atoms with Crippen molar-refractivity contribution >= 4 is 17.4 Å². The second-order valence-electron chi connectivity index (χ2n) is 10.1. The third-order valence-corrected chi connectivity index (χ3v) is 7.35. The second-order valence-corrected chi connectivity index (χ2v) is 10.1. The van der Waals surface area contributed by atoms with Crippen molar-refractivity contribution in [1.29, 1.82) is 0 Å². The van der Waals surface area contributed by atoms with Crippen molar-refractivity contribution in [1.82, 2.24) is 9.80 Å². The van der Waals surface area contributed by atoms with E-state index in [2.05, 4.69) is 18.7 Å². The lowest BCUT2D eigenvalue weighted by molar-refractivity contribution is -0.140. The Morgan fingerprint density at radius 3 is 2.12 bits per heavy atom. The summed E-state index contributed by atoms with van der Waals surface area (Å²) in [7, 11) is 0. The summed E-state index contributed by atoms with van der Waals surface area (Å²) in [5.74, 6) is -0.0952. The van der Waals surface area contributed by atoms with Crippen molar-refractivity contribution < 1.29 is 24.2 Å². The van der Waals surface area contributed by atoms with Gasteiger partial charge in [0.15, 0.2) is 0 Å². The summed E-state index contributed by atoms with van der Waals surface area (Å²) in [6.45, 7) is 10.3. The topological polar surface area (TPSA) is 79.3 Å². The summed E-state index contributed by atoms with van der Waals surface area (Å²) in [6, 6.07) is 23.6. The van der Waals surface area contributed by atoms with Crippen LogP contribution in [-0.4, -0.2) is 59.4 Å². The fourth-order valence-corrected chi connectivity index (χ4v) is 5.03. The Morgan fingerprint density at radius 1 is 0.854 bits per heavy atom. The van der Waals surface area contributed by atoms with Gasteiger partial charge in [-0.1, -0.05) is 63.2 Å². The van der Waals surface area contributed by atoms with Crippen molar-refractivity contribution in [2.75, 3.05) is 32.8 Å². The molecule has 0 aliphatic carbocycles. The monoisotopic (exact) mass is 556 g/mol. The summed E-state index contributed by atoms with van der Waals surface area (Å²) >= 11 is 0. The highest BCUT2D eigenvalue weighted by Crippen LogP contribution is 2.40. The van der Waals surface area contributed by atoms with Crippen molar-refractivity contribution in [2.45, 2.75) is 46.3 Å². The molecular formula is C34H40N2O5. The highest BCUT2D eigenvalue weighted by molar-refractivity contribution is 6.46. The molecule has 4 rings (SSSR count). The zero-order valence-electron chi connectivity index (χ0n) is 24.2. The number of hydrogen-bond donors (Lipinski definition) is 1. The lowest BCUT2D eigenvalue weighted by Crippen LogP contribution is -2.33. The molecule has 1 amide bonds. The van der Waals surface area contributed by atoms with E-state index in [1.165, 1.54) is 0 Å². The fourth-order valence-electron chi connectivity index (χ4n) is 5.03. The van der Waals surface area contributed by atoms with Crippen molar-refractivity contribution in [3.05, 3.63) is 101 Å². The molecule has 0 radical (unpaired) electrons. The number of Topliss-reactive ketones (excluding diaryl/α,β-unsaturated/α-hetero) is 1. The van der Waals surface area contributed by atoms with Gasteiger partial charge in [0.1, 0.15) is 23.9 Å². The molecule has 7 nitrogen and oxygen atoms in total. The third-order valence-electron chi connectivity index (χ3n) is 7.35. The van der Waals surface area contributed by atoms with Gasteiger partial charge in [-0.2, -0.15) is 0 Å². The number of hydrogen-bond acceptors (Lipinski definition) is 6. The molecule has 216 valence electrons. The lowest BCUT2D eigenvalue weighted by Gasteiger charge is -2.27. The summed E-state index contributed by atoms with van der Waals surface area (Å²) in [4.78, 5) is 30.6. The van der Waals surface area contributed by atoms with Crippen molar-refractivity contribution in [3.63, 3.8) is 0 Å². The number of ether oxygens (including phenoxy) is 2. The standard InChI is InChI=1S/C34H40N2O5/c1-4-23-40-28-19-15-27(16-20-28)32(37)30-31(36(34(39)33(30)38)22-10-21-35(5-2)6-3)26-13-17-29(18-14-26)41-24-25-11-8-7-9-12-25/h7-9,11-20,31,37H,4-6,10,21-24H2,1-3H3/t31-/m0/s1. The van der Waals surface area contributed by atoms with Gasteiger partial charge >= 0.3 is 0 Å². The van der Waals surface area contributed by atoms with Crippen LogP contribution in [0.4, 0.5) is 0 Å². The quantitative estimate of drug-likeness (QED) is 0.145. The van der Waals surface area contributed by atoms with Gasteiger partial charge in [-0.3, -0.25) is 9.59 Å². The molecule has 1 heterocycles. The minimum Gasteiger partial charge on any atom is -0.507 e. The number of benzene rings is 3. The van der Waals surface area contributed by atoms with Gasteiger partial charge < -0.3 is 24.4 Å². The number of likely N-dealkylation sites (tertiary alicyclic amines) is 1. The van der Waals surface area contributed by atoms with Crippen LogP contribution in [-0.2, 0) is 16.2 Å². The predicted molar refractivity (Wildman–Crippen MR) is 161 cm³/mol. The molecule has 0 aromatic heterocycles. The number of amides is 1. The van der Waals surface area contributed by atoms with E-state index in [1.807, 2.05) is 61.5 Å². The molecule has 0 spiro atoms. The lowest BCUT2D eigenvalue weighted by atomic mass is 9.95. The number of aliphatic hydroxyl groups excluding tert-OH is 1. The Hall–Kier alpha value is -4.10. The third kappa shape index (κ3) is 7.35. The molecule has 1 aliphatic heterocycles. The van der Waals surface area contributed by atoms with Crippen LogP contribution in [0.1, 0.15) is 56.3 Å². The van der Waals surface area contributed by atoms with Gasteiger partial charge in [0.05, 0.1) is 18.2 Å². The van der Waals surface area contributed by atoms with Gasteiger partial charge in [-0.15, -0.1) is 0 Å². The minimum absolute atomic E-state index is 0.0954. The van der Waals surface area contributed by atoms with Gasteiger partial charge in [0.25, 0.3) is 11.7 Å². The zero-order valence-corrected chi connectivity index (χ0v) is 24.2. The van der Waals surface area contributed by atoms with E-state index in [9.17, 15) is 14.7 Å². The highest BCUT2D eigenvalue weighted by atomic mass is 16.5. The molecule has 0 unspecified atom stereocenters. The van der Waals surface area contributed by atoms with Crippen LogP contribution in [0.3, 0.4) is 0 Å². The summed E-state index contributed by atoms with van der Waals surface area (Å²) in [5, 5.41) is 11.4. The number of carbonyl (C=O) groups excluding carboxylic acids is 2. The van der Waals surface area contributed by atoms with E-state index >= 15 is 0 Å². The maximum absolute atomic E-state index is 13.4.